The van der Waals surface area contributed by atoms with Crippen LogP contribution in [0.15, 0.2) is 43.0 Å². The molecule has 2 aromatic carbocycles. The third-order valence-electron chi connectivity index (χ3n) is 2.54. The van der Waals surface area contributed by atoms with Gasteiger partial charge in [-0.25, -0.2) is 0 Å². The molecule has 0 radical (unpaired) electrons. The second kappa shape index (κ2) is 3.77. The van der Waals surface area contributed by atoms with Gasteiger partial charge in [0, 0.05) is 0 Å². The number of hydrogen-bond donors (Lipinski definition) is 0. The van der Waals surface area contributed by atoms with E-state index in [4.69, 9.17) is 4.74 Å². The predicted molar refractivity (Wildman–Crippen MR) is 65.2 cm³/mol. The van der Waals surface area contributed by atoms with E-state index in [0.29, 0.717) is 0 Å². The van der Waals surface area contributed by atoms with Crippen molar-refractivity contribution in [1.82, 2.24) is 0 Å². The molecular formula is C14H14O. The van der Waals surface area contributed by atoms with E-state index in [1.165, 1.54) is 16.3 Å². The molecule has 0 spiro atoms. The van der Waals surface area contributed by atoms with Crippen molar-refractivity contribution in [2.45, 2.75) is 6.92 Å². The minimum Gasteiger partial charge on any atom is -0.497 e. The van der Waals surface area contributed by atoms with E-state index in [0.717, 1.165) is 11.3 Å². The molecule has 1 nitrogen and oxygen atoms in total. The lowest BCUT2D eigenvalue weighted by molar-refractivity contribution is 0.415. The lowest BCUT2D eigenvalue weighted by atomic mass is 10.0. The predicted octanol–water partition coefficient (Wildman–Crippen LogP) is 3.88. The molecule has 0 aromatic heterocycles. The van der Waals surface area contributed by atoms with Crippen molar-refractivity contribution in [3.8, 4) is 5.75 Å². The molecule has 0 saturated carbocycles. The Balaban J connectivity index is 2.59. The molecule has 0 aliphatic carbocycles. The summed E-state index contributed by atoms with van der Waals surface area (Å²) in [5.41, 5.74) is 2.28. The van der Waals surface area contributed by atoms with Crippen LogP contribution in [0.4, 0.5) is 0 Å². The summed E-state index contributed by atoms with van der Waals surface area (Å²) in [4.78, 5) is 0. The van der Waals surface area contributed by atoms with Crippen molar-refractivity contribution in [1.29, 1.82) is 0 Å². The minimum atomic E-state index is 0.894. The number of methoxy groups -OCH3 is 1. The van der Waals surface area contributed by atoms with Gasteiger partial charge in [0.2, 0.25) is 0 Å². The Labute approximate surface area is 90.0 Å². The highest BCUT2D eigenvalue weighted by atomic mass is 16.5. The van der Waals surface area contributed by atoms with Gasteiger partial charge in [-0.3, -0.25) is 0 Å². The largest absolute Gasteiger partial charge is 0.497 e. The zero-order chi connectivity index (χ0) is 10.8. The maximum atomic E-state index is 5.18. The normalized spacial score (nSPS) is 10.3. The van der Waals surface area contributed by atoms with E-state index in [1.807, 2.05) is 19.1 Å². The van der Waals surface area contributed by atoms with Crippen molar-refractivity contribution in [3.05, 3.63) is 48.5 Å². The summed E-state index contributed by atoms with van der Waals surface area (Å²) >= 11 is 0. The van der Waals surface area contributed by atoms with Gasteiger partial charge < -0.3 is 4.74 Å². The lowest BCUT2D eigenvalue weighted by Crippen LogP contribution is -1.83. The molecule has 0 unspecified atom stereocenters. The molecule has 0 N–H and O–H groups in total. The van der Waals surface area contributed by atoms with Gasteiger partial charge in [-0.15, -0.1) is 0 Å². The second-order valence-corrected chi connectivity index (χ2v) is 3.71. The average Bonchev–Trinajstić information content (AvgIpc) is 2.27. The number of ether oxygens (including phenoxy) is 1. The lowest BCUT2D eigenvalue weighted by Gasteiger charge is -2.05. The topological polar surface area (TPSA) is 9.23 Å². The van der Waals surface area contributed by atoms with Gasteiger partial charge in [-0.05, 0) is 41.5 Å². The van der Waals surface area contributed by atoms with Crippen LogP contribution in [0.3, 0.4) is 0 Å². The molecule has 0 amide bonds. The Bertz CT molecular complexity index is 512. The fourth-order valence-electron chi connectivity index (χ4n) is 1.62. The van der Waals surface area contributed by atoms with Crippen molar-refractivity contribution in [2.24, 2.45) is 0 Å². The van der Waals surface area contributed by atoms with Crippen molar-refractivity contribution in [2.75, 3.05) is 7.11 Å². The SMILES string of the molecule is C=C(C)c1ccc2cc(OC)ccc2c1. The van der Waals surface area contributed by atoms with Crippen LogP contribution in [0.5, 0.6) is 5.75 Å². The van der Waals surface area contributed by atoms with Crippen LogP contribution in [0.25, 0.3) is 16.3 Å². The number of hydrogen-bond acceptors (Lipinski definition) is 1. The van der Waals surface area contributed by atoms with Crippen LogP contribution in [-0.4, -0.2) is 7.11 Å². The summed E-state index contributed by atoms with van der Waals surface area (Å²) in [6.45, 7) is 5.96. The molecule has 0 atom stereocenters. The monoisotopic (exact) mass is 198 g/mol. The first-order chi connectivity index (χ1) is 7.20. The van der Waals surface area contributed by atoms with E-state index in [-0.39, 0.29) is 0 Å². The smallest absolute Gasteiger partial charge is 0.119 e. The fraction of sp³-hybridized carbons (Fsp3) is 0.143. The highest BCUT2D eigenvalue weighted by molar-refractivity contribution is 5.87. The van der Waals surface area contributed by atoms with E-state index in [2.05, 4.69) is 30.8 Å². The number of rotatable bonds is 2. The molecular weight excluding hydrogens is 184 g/mol. The third-order valence-corrected chi connectivity index (χ3v) is 2.54. The van der Waals surface area contributed by atoms with Crippen LogP contribution < -0.4 is 4.74 Å². The van der Waals surface area contributed by atoms with Gasteiger partial charge in [0.1, 0.15) is 5.75 Å². The van der Waals surface area contributed by atoms with Crippen LogP contribution in [0.1, 0.15) is 12.5 Å². The third kappa shape index (κ3) is 1.86. The average molecular weight is 198 g/mol. The maximum Gasteiger partial charge on any atom is 0.119 e. The zero-order valence-corrected chi connectivity index (χ0v) is 9.08. The molecule has 0 aliphatic heterocycles. The summed E-state index contributed by atoms with van der Waals surface area (Å²) in [5, 5.41) is 2.41. The summed E-state index contributed by atoms with van der Waals surface area (Å²) < 4.78 is 5.18. The highest BCUT2D eigenvalue weighted by Gasteiger charge is 1.98. The van der Waals surface area contributed by atoms with Crippen LogP contribution in [-0.2, 0) is 0 Å². The van der Waals surface area contributed by atoms with Crippen molar-refractivity contribution < 1.29 is 4.74 Å². The van der Waals surface area contributed by atoms with Gasteiger partial charge in [0.25, 0.3) is 0 Å². The standard InChI is InChI=1S/C14H14O/c1-10(2)11-4-5-13-9-14(15-3)7-6-12(13)8-11/h4-9H,1H2,2-3H3. The summed E-state index contributed by atoms with van der Waals surface area (Å²) in [5.74, 6) is 0.894. The van der Waals surface area contributed by atoms with Gasteiger partial charge in [-0.2, -0.15) is 0 Å². The second-order valence-electron chi connectivity index (χ2n) is 3.71. The molecule has 0 heterocycles. The van der Waals surface area contributed by atoms with Crippen LogP contribution in [0, 0.1) is 0 Å². The minimum absolute atomic E-state index is 0.894. The van der Waals surface area contributed by atoms with Gasteiger partial charge in [0.15, 0.2) is 0 Å². The number of allylic oxidation sites excluding steroid dienone is 1. The maximum absolute atomic E-state index is 5.18. The van der Waals surface area contributed by atoms with Crippen LogP contribution in [0.2, 0.25) is 0 Å². The quantitative estimate of drug-likeness (QED) is 0.711. The van der Waals surface area contributed by atoms with Crippen molar-refractivity contribution >= 4 is 16.3 Å². The van der Waals surface area contributed by atoms with Gasteiger partial charge in [-0.1, -0.05) is 30.4 Å². The molecule has 2 aromatic rings. The Morgan fingerprint density at radius 1 is 1.07 bits per heavy atom. The Hall–Kier alpha value is -1.76. The molecule has 1 heteroatoms. The summed E-state index contributed by atoms with van der Waals surface area (Å²) in [6.07, 6.45) is 0. The zero-order valence-electron chi connectivity index (χ0n) is 9.08. The molecule has 0 bridgehead atoms. The first-order valence-electron chi connectivity index (χ1n) is 4.94. The molecule has 0 saturated heterocycles. The summed E-state index contributed by atoms with van der Waals surface area (Å²) in [6, 6.07) is 12.4. The Kier molecular flexibility index (Phi) is 2.46. The first kappa shape index (κ1) is 9.78. The Morgan fingerprint density at radius 2 is 1.73 bits per heavy atom. The van der Waals surface area contributed by atoms with Gasteiger partial charge >= 0.3 is 0 Å². The Morgan fingerprint density at radius 3 is 2.40 bits per heavy atom. The molecule has 0 aliphatic rings. The van der Waals surface area contributed by atoms with E-state index in [1.54, 1.807) is 7.11 Å². The van der Waals surface area contributed by atoms with Crippen molar-refractivity contribution in [3.63, 3.8) is 0 Å². The highest BCUT2D eigenvalue weighted by Crippen LogP contribution is 2.23. The summed E-state index contributed by atoms with van der Waals surface area (Å²) in [7, 11) is 1.68. The van der Waals surface area contributed by atoms with E-state index in [9.17, 15) is 0 Å². The molecule has 15 heavy (non-hydrogen) atoms. The fourth-order valence-corrected chi connectivity index (χ4v) is 1.62. The molecule has 2 rings (SSSR count). The van der Waals surface area contributed by atoms with Gasteiger partial charge in [0.05, 0.1) is 7.11 Å². The molecule has 76 valence electrons. The molecule has 0 fully saturated rings. The number of fused-ring (bicyclic) bond motifs is 1. The number of benzene rings is 2. The first-order valence-corrected chi connectivity index (χ1v) is 4.94. The van der Waals surface area contributed by atoms with E-state index < -0.39 is 0 Å². The van der Waals surface area contributed by atoms with Crippen LogP contribution >= 0.6 is 0 Å². The van der Waals surface area contributed by atoms with E-state index >= 15 is 0 Å².